The highest BCUT2D eigenvalue weighted by atomic mass is 16.5. The fraction of sp³-hybridized carbons (Fsp3) is 0.467. The summed E-state index contributed by atoms with van der Waals surface area (Å²) in [6.07, 6.45) is 1.39. The molecule has 2 rings (SSSR count). The van der Waals surface area contributed by atoms with Crippen molar-refractivity contribution in [2.75, 3.05) is 32.8 Å². The molecule has 1 aromatic rings. The molecule has 5 heteroatoms. The number of carbonyl (C=O) groups is 1. The van der Waals surface area contributed by atoms with E-state index in [1.54, 1.807) is 24.3 Å². The number of nitriles is 1. The number of nitrogens with zero attached hydrogens (tertiary/aromatic N) is 2. The molecule has 0 atom stereocenters. The fourth-order valence-corrected chi connectivity index (χ4v) is 2.12. The third-order valence-corrected chi connectivity index (χ3v) is 3.25. The number of nitrogens with one attached hydrogen (secondary N) is 1. The van der Waals surface area contributed by atoms with Gasteiger partial charge in [0.15, 0.2) is 0 Å². The lowest BCUT2D eigenvalue weighted by Gasteiger charge is -2.20. The average Bonchev–Trinajstić information content (AvgIpc) is 2.69. The highest BCUT2D eigenvalue weighted by molar-refractivity contribution is 5.76. The van der Waals surface area contributed by atoms with E-state index in [1.165, 1.54) is 0 Å². The fourth-order valence-electron chi connectivity index (χ4n) is 2.12. The molecule has 1 heterocycles. The first kappa shape index (κ1) is 14.4. The van der Waals surface area contributed by atoms with Gasteiger partial charge in [-0.1, -0.05) is 0 Å². The highest BCUT2D eigenvalue weighted by Gasteiger charge is 2.15. The van der Waals surface area contributed by atoms with Crippen LogP contribution in [0.5, 0.6) is 5.75 Å². The van der Waals surface area contributed by atoms with Crippen LogP contribution in [0.4, 0.5) is 0 Å². The van der Waals surface area contributed by atoms with Crippen LogP contribution >= 0.6 is 0 Å². The minimum Gasteiger partial charge on any atom is -0.494 e. The lowest BCUT2D eigenvalue weighted by molar-refractivity contribution is -0.130. The van der Waals surface area contributed by atoms with Gasteiger partial charge in [0.2, 0.25) is 5.91 Å². The third kappa shape index (κ3) is 4.25. The zero-order valence-electron chi connectivity index (χ0n) is 11.5. The number of hydrogen-bond acceptors (Lipinski definition) is 4. The molecule has 0 aromatic heterocycles. The van der Waals surface area contributed by atoms with Crippen molar-refractivity contribution in [2.45, 2.75) is 12.8 Å². The second kappa shape index (κ2) is 7.51. The van der Waals surface area contributed by atoms with Gasteiger partial charge in [0.25, 0.3) is 0 Å². The first-order valence-corrected chi connectivity index (χ1v) is 6.91. The molecular weight excluding hydrogens is 254 g/mol. The summed E-state index contributed by atoms with van der Waals surface area (Å²) in [4.78, 5) is 13.7. The predicted molar refractivity (Wildman–Crippen MR) is 75.3 cm³/mol. The molecule has 0 spiro atoms. The molecule has 0 aliphatic carbocycles. The monoisotopic (exact) mass is 273 g/mol. The Kier molecular flexibility index (Phi) is 5.39. The SMILES string of the molecule is N#Cc1ccc(OCCCN2CCNCCC2=O)cc1. The Labute approximate surface area is 119 Å². The van der Waals surface area contributed by atoms with Crippen LogP contribution in [-0.4, -0.2) is 43.6 Å². The van der Waals surface area contributed by atoms with E-state index in [0.717, 1.165) is 38.3 Å². The molecular formula is C15H19N3O2. The van der Waals surface area contributed by atoms with Crippen LogP contribution < -0.4 is 10.1 Å². The minimum atomic E-state index is 0.216. The molecule has 1 aromatic carbocycles. The van der Waals surface area contributed by atoms with Crippen molar-refractivity contribution in [3.63, 3.8) is 0 Å². The Balaban J connectivity index is 1.70. The van der Waals surface area contributed by atoms with Gasteiger partial charge in [-0.05, 0) is 30.7 Å². The van der Waals surface area contributed by atoms with Gasteiger partial charge in [0.05, 0.1) is 18.2 Å². The number of ether oxygens (including phenoxy) is 1. The van der Waals surface area contributed by atoms with Crippen LogP contribution in [0.15, 0.2) is 24.3 Å². The van der Waals surface area contributed by atoms with E-state index in [4.69, 9.17) is 10.00 Å². The molecule has 1 saturated heterocycles. The standard InChI is InChI=1S/C15H19N3O2/c16-12-13-2-4-14(5-3-13)20-11-1-9-18-10-8-17-7-6-15(18)19/h2-5,17H,1,6-11H2. The van der Waals surface area contributed by atoms with E-state index < -0.39 is 0 Å². The Morgan fingerprint density at radius 1 is 1.30 bits per heavy atom. The Morgan fingerprint density at radius 3 is 2.85 bits per heavy atom. The van der Waals surface area contributed by atoms with Crippen molar-refractivity contribution in [3.05, 3.63) is 29.8 Å². The quantitative estimate of drug-likeness (QED) is 0.817. The minimum absolute atomic E-state index is 0.216. The van der Waals surface area contributed by atoms with Crippen molar-refractivity contribution in [1.82, 2.24) is 10.2 Å². The van der Waals surface area contributed by atoms with Gasteiger partial charge in [-0.3, -0.25) is 4.79 Å². The molecule has 0 radical (unpaired) electrons. The molecule has 1 amide bonds. The van der Waals surface area contributed by atoms with Crippen LogP contribution in [-0.2, 0) is 4.79 Å². The number of amides is 1. The highest BCUT2D eigenvalue weighted by Crippen LogP contribution is 2.11. The summed E-state index contributed by atoms with van der Waals surface area (Å²) >= 11 is 0. The first-order chi connectivity index (χ1) is 9.79. The van der Waals surface area contributed by atoms with E-state index in [0.29, 0.717) is 18.6 Å². The average molecular weight is 273 g/mol. The number of hydrogen-bond donors (Lipinski definition) is 1. The molecule has 1 aliphatic rings. The van der Waals surface area contributed by atoms with Crippen LogP contribution in [0, 0.1) is 11.3 Å². The van der Waals surface area contributed by atoms with Gasteiger partial charge >= 0.3 is 0 Å². The van der Waals surface area contributed by atoms with E-state index >= 15 is 0 Å². The summed E-state index contributed by atoms with van der Waals surface area (Å²) in [5.41, 5.74) is 0.625. The zero-order chi connectivity index (χ0) is 14.2. The van der Waals surface area contributed by atoms with Crippen molar-refractivity contribution < 1.29 is 9.53 Å². The third-order valence-electron chi connectivity index (χ3n) is 3.25. The molecule has 1 aliphatic heterocycles. The van der Waals surface area contributed by atoms with E-state index in [1.807, 2.05) is 4.90 Å². The molecule has 0 unspecified atom stereocenters. The van der Waals surface area contributed by atoms with Gasteiger partial charge in [-0.15, -0.1) is 0 Å². The Hall–Kier alpha value is -2.06. The van der Waals surface area contributed by atoms with E-state index in [2.05, 4.69) is 11.4 Å². The van der Waals surface area contributed by atoms with Gasteiger partial charge in [-0.2, -0.15) is 5.26 Å². The summed E-state index contributed by atoms with van der Waals surface area (Å²) in [6.45, 7) is 3.72. The largest absolute Gasteiger partial charge is 0.494 e. The van der Waals surface area contributed by atoms with Crippen molar-refractivity contribution >= 4 is 5.91 Å². The maximum Gasteiger partial charge on any atom is 0.223 e. The van der Waals surface area contributed by atoms with Crippen LogP contribution in [0.1, 0.15) is 18.4 Å². The lowest BCUT2D eigenvalue weighted by atomic mass is 10.2. The zero-order valence-corrected chi connectivity index (χ0v) is 11.5. The smallest absolute Gasteiger partial charge is 0.223 e. The number of benzene rings is 1. The number of rotatable bonds is 5. The lowest BCUT2D eigenvalue weighted by Crippen LogP contribution is -2.33. The Bertz CT molecular complexity index is 479. The Morgan fingerprint density at radius 2 is 2.10 bits per heavy atom. The van der Waals surface area contributed by atoms with Crippen molar-refractivity contribution in [2.24, 2.45) is 0 Å². The topological polar surface area (TPSA) is 65.4 Å². The molecule has 106 valence electrons. The molecule has 0 saturated carbocycles. The van der Waals surface area contributed by atoms with Crippen LogP contribution in [0.3, 0.4) is 0 Å². The normalized spacial score (nSPS) is 15.6. The van der Waals surface area contributed by atoms with Crippen LogP contribution in [0.2, 0.25) is 0 Å². The molecule has 0 bridgehead atoms. The van der Waals surface area contributed by atoms with Gasteiger partial charge in [-0.25, -0.2) is 0 Å². The molecule has 20 heavy (non-hydrogen) atoms. The summed E-state index contributed by atoms with van der Waals surface area (Å²) in [5, 5.41) is 11.9. The predicted octanol–water partition coefficient (Wildman–Crippen LogP) is 1.15. The van der Waals surface area contributed by atoms with Gasteiger partial charge in [0, 0.05) is 32.6 Å². The first-order valence-electron chi connectivity index (χ1n) is 6.91. The van der Waals surface area contributed by atoms with Gasteiger partial charge < -0.3 is 15.0 Å². The summed E-state index contributed by atoms with van der Waals surface area (Å²) in [6, 6.07) is 9.12. The van der Waals surface area contributed by atoms with Crippen LogP contribution in [0.25, 0.3) is 0 Å². The molecule has 1 fully saturated rings. The maximum atomic E-state index is 11.8. The van der Waals surface area contributed by atoms with Crippen molar-refractivity contribution in [3.8, 4) is 11.8 Å². The summed E-state index contributed by atoms with van der Waals surface area (Å²) < 4.78 is 5.60. The van der Waals surface area contributed by atoms with E-state index in [-0.39, 0.29) is 5.91 Å². The van der Waals surface area contributed by atoms with Gasteiger partial charge in [0.1, 0.15) is 5.75 Å². The second-order valence-corrected chi connectivity index (χ2v) is 4.72. The molecule has 1 N–H and O–H groups in total. The van der Waals surface area contributed by atoms with Crippen molar-refractivity contribution in [1.29, 1.82) is 5.26 Å². The molecule has 5 nitrogen and oxygen atoms in total. The maximum absolute atomic E-state index is 11.8. The van der Waals surface area contributed by atoms with E-state index in [9.17, 15) is 4.79 Å². The second-order valence-electron chi connectivity index (χ2n) is 4.72. The summed E-state index contributed by atoms with van der Waals surface area (Å²) in [7, 11) is 0. The number of carbonyl (C=O) groups excluding carboxylic acids is 1. The summed E-state index contributed by atoms with van der Waals surface area (Å²) in [5.74, 6) is 0.973.